The van der Waals surface area contributed by atoms with Crippen LogP contribution in [0.25, 0.3) is 0 Å². The first-order valence-corrected chi connectivity index (χ1v) is 10.1. The maximum Gasteiger partial charge on any atom is 0.416 e. The molecular weight excluding hydrogens is 454 g/mol. The zero-order chi connectivity index (χ0) is 23.2. The molecule has 0 radical (unpaired) electrons. The van der Waals surface area contributed by atoms with E-state index in [4.69, 9.17) is 0 Å². The summed E-state index contributed by atoms with van der Waals surface area (Å²) in [6, 6.07) is 5.08. The van der Waals surface area contributed by atoms with E-state index in [1.807, 2.05) is 5.32 Å². The van der Waals surface area contributed by atoms with Crippen LogP contribution in [0.2, 0.25) is 0 Å². The fraction of sp³-hybridized carbons (Fsp3) is 0.222. The molecule has 2 aromatic rings. The van der Waals surface area contributed by atoms with Crippen LogP contribution in [0, 0.1) is 0 Å². The predicted molar refractivity (Wildman–Crippen MR) is 96.7 cm³/mol. The number of rotatable bonds is 3. The van der Waals surface area contributed by atoms with Gasteiger partial charge in [0.15, 0.2) is 0 Å². The van der Waals surface area contributed by atoms with Crippen molar-refractivity contribution in [2.45, 2.75) is 18.8 Å². The lowest BCUT2D eigenvalue weighted by Crippen LogP contribution is -2.29. The molecule has 0 spiro atoms. The van der Waals surface area contributed by atoms with Gasteiger partial charge in [0.1, 0.15) is 0 Å². The summed E-state index contributed by atoms with van der Waals surface area (Å²) in [4.78, 5) is 24.0. The fourth-order valence-electron chi connectivity index (χ4n) is 2.85. The van der Waals surface area contributed by atoms with Crippen molar-refractivity contribution >= 4 is 33.2 Å². The Kier molecular flexibility index (Phi) is 5.50. The van der Waals surface area contributed by atoms with Crippen LogP contribution < -0.4 is 9.62 Å². The molecule has 13 heteroatoms. The lowest BCUT2D eigenvalue weighted by Gasteiger charge is -2.16. The third kappa shape index (κ3) is 4.81. The highest BCUT2D eigenvalue weighted by atomic mass is 32.2. The minimum absolute atomic E-state index is 0.0440. The first-order chi connectivity index (χ1) is 14.2. The van der Waals surface area contributed by atoms with Crippen molar-refractivity contribution in [2.24, 2.45) is 0 Å². The van der Waals surface area contributed by atoms with Gasteiger partial charge in [-0.25, -0.2) is 12.7 Å². The highest BCUT2D eigenvalue weighted by molar-refractivity contribution is 7.94. The molecule has 0 bridgehead atoms. The third-order valence-electron chi connectivity index (χ3n) is 4.29. The summed E-state index contributed by atoms with van der Waals surface area (Å²) < 4.78 is 102. The lowest BCUT2D eigenvalue weighted by atomic mass is 10.1. The Morgan fingerprint density at radius 2 is 1.42 bits per heavy atom. The molecule has 31 heavy (non-hydrogen) atoms. The van der Waals surface area contributed by atoms with E-state index in [1.54, 1.807) is 0 Å². The molecule has 6 nitrogen and oxygen atoms in total. The summed E-state index contributed by atoms with van der Waals surface area (Å²) in [5.74, 6) is -2.07. The van der Waals surface area contributed by atoms with Gasteiger partial charge in [-0.1, -0.05) is 0 Å². The van der Waals surface area contributed by atoms with Crippen LogP contribution in [0.5, 0.6) is 0 Å². The molecule has 0 aliphatic carbocycles. The number of hydrogen-bond acceptors (Lipinski definition) is 4. The van der Waals surface area contributed by atoms with Crippen LogP contribution in [0.15, 0.2) is 42.5 Å². The SMILES string of the molecule is O=C(Nc1cc(C(F)(F)F)cc(C(F)(F)F)c1)c1ccc(N2C(=O)CCS2(=O)=O)cc1. The number of nitrogens with one attached hydrogen (secondary N) is 1. The molecular formula is C18H12F6N2O4S. The van der Waals surface area contributed by atoms with Crippen molar-refractivity contribution in [3.05, 3.63) is 59.2 Å². The molecule has 0 saturated carbocycles. The topological polar surface area (TPSA) is 83.6 Å². The van der Waals surface area contributed by atoms with Gasteiger partial charge < -0.3 is 5.32 Å². The summed E-state index contributed by atoms with van der Waals surface area (Å²) in [5.41, 5.74) is -4.14. The second-order valence-electron chi connectivity index (χ2n) is 6.52. The van der Waals surface area contributed by atoms with Crippen LogP contribution in [-0.2, 0) is 27.2 Å². The van der Waals surface area contributed by atoms with Gasteiger partial charge in [0.25, 0.3) is 5.91 Å². The van der Waals surface area contributed by atoms with E-state index in [-0.39, 0.29) is 29.5 Å². The van der Waals surface area contributed by atoms with Crippen LogP contribution >= 0.6 is 0 Å². The average Bonchev–Trinajstić information content (AvgIpc) is 2.92. The van der Waals surface area contributed by atoms with Crippen molar-refractivity contribution in [1.29, 1.82) is 0 Å². The highest BCUT2D eigenvalue weighted by Crippen LogP contribution is 2.37. The highest BCUT2D eigenvalue weighted by Gasteiger charge is 2.38. The molecule has 2 aromatic carbocycles. The van der Waals surface area contributed by atoms with Crippen molar-refractivity contribution in [3.8, 4) is 0 Å². The second-order valence-corrected chi connectivity index (χ2v) is 8.46. The lowest BCUT2D eigenvalue weighted by molar-refractivity contribution is -0.143. The molecule has 1 aliphatic heterocycles. The van der Waals surface area contributed by atoms with E-state index < -0.39 is 51.0 Å². The minimum atomic E-state index is -5.07. The molecule has 1 heterocycles. The van der Waals surface area contributed by atoms with Crippen molar-refractivity contribution in [2.75, 3.05) is 15.4 Å². The molecule has 0 unspecified atom stereocenters. The van der Waals surface area contributed by atoms with Gasteiger partial charge in [-0.05, 0) is 42.5 Å². The summed E-state index contributed by atoms with van der Waals surface area (Å²) >= 11 is 0. The molecule has 0 aromatic heterocycles. The molecule has 1 fully saturated rings. The normalized spacial score (nSPS) is 16.5. The summed E-state index contributed by atoms with van der Waals surface area (Å²) in [6.45, 7) is 0. The number of nitrogens with zero attached hydrogens (tertiary/aromatic N) is 1. The number of amides is 2. The van der Waals surface area contributed by atoms with Crippen LogP contribution in [0.3, 0.4) is 0 Å². The molecule has 1 saturated heterocycles. The van der Waals surface area contributed by atoms with Gasteiger partial charge in [0.2, 0.25) is 15.9 Å². The van der Waals surface area contributed by atoms with E-state index in [0.29, 0.717) is 16.4 Å². The minimum Gasteiger partial charge on any atom is -0.322 e. The Hall–Kier alpha value is -3.09. The van der Waals surface area contributed by atoms with E-state index in [2.05, 4.69) is 0 Å². The third-order valence-corrected chi connectivity index (χ3v) is 5.98. The van der Waals surface area contributed by atoms with Crippen LogP contribution in [0.4, 0.5) is 37.7 Å². The van der Waals surface area contributed by atoms with Gasteiger partial charge in [0.05, 0.1) is 22.6 Å². The van der Waals surface area contributed by atoms with E-state index in [1.165, 1.54) is 0 Å². The number of carbonyl (C=O) groups is 2. The summed E-state index contributed by atoms with van der Waals surface area (Å²) in [7, 11) is -3.84. The number of halogens is 6. The molecule has 2 amide bonds. The number of sulfonamides is 1. The molecule has 1 N–H and O–H groups in total. The van der Waals surface area contributed by atoms with Gasteiger partial charge in [0, 0.05) is 17.7 Å². The Balaban J connectivity index is 1.87. The van der Waals surface area contributed by atoms with Gasteiger partial charge in [-0.3, -0.25) is 9.59 Å². The Morgan fingerprint density at radius 3 is 1.84 bits per heavy atom. The average molecular weight is 466 g/mol. The van der Waals surface area contributed by atoms with E-state index in [0.717, 1.165) is 24.3 Å². The van der Waals surface area contributed by atoms with E-state index in [9.17, 15) is 44.3 Å². The summed E-state index contributed by atoms with van der Waals surface area (Å²) in [6.07, 6.45) is -10.4. The standard InChI is InChI=1S/C18H12F6N2O4S/c19-17(20,21)11-7-12(18(22,23)24)9-13(8-11)25-16(28)10-1-3-14(4-2-10)26-15(27)5-6-31(26,29)30/h1-4,7-9H,5-6H2,(H,25,28). The summed E-state index contributed by atoms with van der Waals surface area (Å²) in [5, 5.41) is 1.96. The second kappa shape index (κ2) is 7.55. The maximum absolute atomic E-state index is 12.9. The van der Waals surface area contributed by atoms with Gasteiger partial charge in [-0.2, -0.15) is 26.3 Å². The zero-order valence-corrected chi connectivity index (χ0v) is 16.0. The number of hydrogen-bond donors (Lipinski definition) is 1. The number of alkyl halides is 6. The Morgan fingerprint density at radius 1 is 0.903 bits per heavy atom. The molecule has 166 valence electrons. The predicted octanol–water partition coefficient (Wildman–Crippen LogP) is 4.04. The first-order valence-electron chi connectivity index (χ1n) is 8.45. The number of benzene rings is 2. The monoisotopic (exact) mass is 466 g/mol. The Bertz CT molecular complexity index is 1110. The Labute approximate surface area is 171 Å². The maximum atomic E-state index is 12.9. The molecule has 1 aliphatic rings. The molecule has 0 atom stereocenters. The smallest absolute Gasteiger partial charge is 0.322 e. The van der Waals surface area contributed by atoms with E-state index >= 15 is 0 Å². The number of anilines is 2. The molecule has 3 rings (SSSR count). The largest absolute Gasteiger partial charge is 0.416 e. The fourth-order valence-corrected chi connectivity index (χ4v) is 4.31. The van der Waals surface area contributed by atoms with Crippen molar-refractivity contribution in [3.63, 3.8) is 0 Å². The zero-order valence-electron chi connectivity index (χ0n) is 15.2. The first kappa shape index (κ1) is 22.6. The van der Waals surface area contributed by atoms with Crippen LogP contribution in [-0.4, -0.2) is 26.0 Å². The quantitative estimate of drug-likeness (QED) is 0.693. The van der Waals surface area contributed by atoms with Gasteiger partial charge in [-0.15, -0.1) is 0 Å². The van der Waals surface area contributed by atoms with Gasteiger partial charge >= 0.3 is 12.4 Å². The van der Waals surface area contributed by atoms with Crippen molar-refractivity contribution < 1.29 is 44.3 Å². The number of carbonyl (C=O) groups excluding carboxylic acids is 2. The van der Waals surface area contributed by atoms with Crippen LogP contribution in [0.1, 0.15) is 27.9 Å². The van der Waals surface area contributed by atoms with Crippen molar-refractivity contribution in [1.82, 2.24) is 0 Å².